The van der Waals surface area contributed by atoms with Crippen molar-refractivity contribution in [1.29, 1.82) is 0 Å². The topological polar surface area (TPSA) is 109 Å². The summed E-state index contributed by atoms with van der Waals surface area (Å²) in [5, 5.41) is 15.6. The van der Waals surface area contributed by atoms with E-state index in [0.717, 1.165) is 18.1 Å². The quantitative estimate of drug-likeness (QED) is 0.753. The van der Waals surface area contributed by atoms with Crippen LogP contribution in [0.3, 0.4) is 0 Å². The summed E-state index contributed by atoms with van der Waals surface area (Å²) in [6, 6.07) is 5.77. The number of carbonyl (C=O) groups excluding carboxylic acids is 1. The number of halogens is 3. The van der Waals surface area contributed by atoms with Gasteiger partial charge in [-0.2, -0.15) is 18.3 Å². The Balaban J connectivity index is 0.000000339. The van der Waals surface area contributed by atoms with Crippen molar-refractivity contribution in [2.45, 2.75) is 32.2 Å². The molecule has 2 atom stereocenters. The Morgan fingerprint density at radius 2 is 1.87 bits per heavy atom. The fourth-order valence-corrected chi connectivity index (χ4v) is 3.46. The van der Waals surface area contributed by atoms with Crippen molar-refractivity contribution in [3.05, 3.63) is 41.5 Å². The van der Waals surface area contributed by atoms with Crippen LogP contribution >= 0.6 is 0 Å². The SMILES string of the molecule is Cc1ccc(N2CCO[C@H]3CN(C(=O)c4ccoc4C)C[C@H]32)nn1.O=C(O)C(F)(F)F. The number of furan rings is 1. The smallest absolute Gasteiger partial charge is 0.475 e. The molecule has 0 bridgehead atoms. The number of amides is 1. The summed E-state index contributed by atoms with van der Waals surface area (Å²) >= 11 is 0. The van der Waals surface area contributed by atoms with Crippen LogP contribution in [0.25, 0.3) is 0 Å². The molecule has 0 unspecified atom stereocenters. The number of morpholine rings is 1. The number of alkyl halides is 3. The number of hydrogen-bond acceptors (Lipinski definition) is 7. The Labute approximate surface area is 175 Å². The zero-order chi connectivity index (χ0) is 22.8. The Morgan fingerprint density at radius 3 is 2.42 bits per heavy atom. The molecule has 0 radical (unpaired) electrons. The summed E-state index contributed by atoms with van der Waals surface area (Å²) in [6.45, 7) is 6.31. The van der Waals surface area contributed by atoms with Crippen molar-refractivity contribution in [1.82, 2.24) is 15.1 Å². The molecule has 12 heteroatoms. The molecule has 4 rings (SSSR count). The number of rotatable bonds is 2. The predicted octanol–water partition coefficient (Wildman–Crippen LogP) is 2.05. The minimum absolute atomic E-state index is 0.00184. The fraction of sp³-hybridized carbons (Fsp3) is 0.474. The molecule has 0 saturated carbocycles. The highest BCUT2D eigenvalue weighted by Gasteiger charge is 2.43. The Bertz CT molecular complexity index is 931. The molecule has 2 aliphatic rings. The molecule has 0 spiro atoms. The highest BCUT2D eigenvalue weighted by molar-refractivity contribution is 5.95. The fourth-order valence-electron chi connectivity index (χ4n) is 3.46. The van der Waals surface area contributed by atoms with E-state index in [0.29, 0.717) is 31.0 Å². The number of aliphatic carboxylic acids is 1. The molecule has 1 amide bonds. The number of carboxylic acids is 1. The minimum Gasteiger partial charge on any atom is -0.475 e. The Hall–Kier alpha value is -3.15. The number of anilines is 1. The molecule has 31 heavy (non-hydrogen) atoms. The van der Waals surface area contributed by atoms with Gasteiger partial charge in [0, 0.05) is 19.6 Å². The molecule has 1 N–H and O–H groups in total. The largest absolute Gasteiger partial charge is 0.490 e. The van der Waals surface area contributed by atoms with Crippen LogP contribution in [0.4, 0.5) is 19.0 Å². The maximum atomic E-state index is 12.7. The van der Waals surface area contributed by atoms with Gasteiger partial charge in [-0.05, 0) is 32.0 Å². The summed E-state index contributed by atoms with van der Waals surface area (Å²) in [5.74, 6) is -1.27. The highest BCUT2D eigenvalue weighted by atomic mass is 19.4. The summed E-state index contributed by atoms with van der Waals surface area (Å²) in [5.41, 5.74) is 1.51. The monoisotopic (exact) mass is 442 g/mol. The molecular formula is C19H21F3N4O5. The van der Waals surface area contributed by atoms with E-state index >= 15 is 0 Å². The van der Waals surface area contributed by atoms with E-state index in [1.54, 1.807) is 19.3 Å². The van der Waals surface area contributed by atoms with Gasteiger partial charge in [-0.25, -0.2) is 4.79 Å². The molecule has 2 fully saturated rings. The first-order valence-corrected chi connectivity index (χ1v) is 9.40. The number of hydrogen-bond donors (Lipinski definition) is 1. The first-order chi connectivity index (χ1) is 14.6. The van der Waals surface area contributed by atoms with Crippen molar-refractivity contribution in [2.24, 2.45) is 0 Å². The van der Waals surface area contributed by atoms with Crippen LogP contribution in [0.2, 0.25) is 0 Å². The van der Waals surface area contributed by atoms with E-state index in [1.165, 1.54) is 0 Å². The molecule has 168 valence electrons. The van der Waals surface area contributed by atoms with Gasteiger partial charge < -0.3 is 24.1 Å². The van der Waals surface area contributed by atoms with E-state index in [4.69, 9.17) is 19.1 Å². The van der Waals surface area contributed by atoms with Crippen molar-refractivity contribution in [3.8, 4) is 0 Å². The number of aryl methyl sites for hydroxylation is 2. The second-order valence-electron chi connectivity index (χ2n) is 7.11. The summed E-state index contributed by atoms with van der Waals surface area (Å²) in [7, 11) is 0. The standard InChI is InChI=1S/C17H20N4O3.C2HF3O2/c1-11-3-4-16(19-18-11)21-6-8-24-15-10-20(9-14(15)21)17(22)13-5-7-23-12(13)2;3-2(4,5)1(6)7/h3-5,7,14-15H,6,8-10H2,1-2H3;(H,6,7)/t14-,15+;/m1./s1. The molecule has 2 aromatic rings. The van der Waals surface area contributed by atoms with E-state index in [2.05, 4.69) is 15.1 Å². The van der Waals surface area contributed by atoms with E-state index in [-0.39, 0.29) is 18.1 Å². The van der Waals surface area contributed by atoms with Crippen molar-refractivity contribution in [3.63, 3.8) is 0 Å². The number of ether oxygens (including phenoxy) is 1. The van der Waals surface area contributed by atoms with Crippen molar-refractivity contribution < 1.29 is 37.0 Å². The minimum atomic E-state index is -5.08. The third kappa shape index (κ3) is 5.13. The number of fused-ring (bicyclic) bond motifs is 1. The van der Waals surface area contributed by atoms with Crippen LogP contribution in [0.5, 0.6) is 0 Å². The maximum Gasteiger partial charge on any atom is 0.490 e. The van der Waals surface area contributed by atoms with Gasteiger partial charge in [-0.15, -0.1) is 5.10 Å². The normalized spacial score (nSPS) is 20.7. The van der Waals surface area contributed by atoms with Crippen LogP contribution in [-0.4, -0.2) is 76.6 Å². The average Bonchev–Trinajstić information content (AvgIpc) is 3.34. The Morgan fingerprint density at radius 1 is 1.16 bits per heavy atom. The number of likely N-dealkylation sites (tertiary alicyclic amines) is 1. The maximum absolute atomic E-state index is 12.7. The molecule has 0 aliphatic carbocycles. The number of carbonyl (C=O) groups is 2. The zero-order valence-corrected chi connectivity index (χ0v) is 16.8. The van der Waals surface area contributed by atoms with Gasteiger partial charge in [0.1, 0.15) is 5.76 Å². The van der Waals surface area contributed by atoms with Gasteiger partial charge in [-0.1, -0.05) is 0 Å². The zero-order valence-electron chi connectivity index (χ0n) is 16.8. The summed E-state index contributed by atoms with van der Waals surface area (Å²) < 4.78 is 42.9. The van der Waals surface area contributed by atoms with Crippen LogP contribution in [0.15, 0.2) is 28.9 Å². The van der Waals surface area contributed by atoms with Gasteiger partial charge in [0.25, 0.3) is 5.91 Å². The predicted molar refractivity (Wildman–Crippen MR) is 101 cm³/mol. The molecule has 2 aromatic heterocycles. The van der Waals surface area contributed by atoms with E-state index in [9.17, 15) is 18.0 Å². The van der Waals surface area contributed by atoms with Gasteiger partial charge >= 0.3 is 12.1 Å². The molecule has 9 nitrogen and oxygen atoms in total. The van der Waals surface area contributed by atoms with Crippen LogP contribution in [0, 0.1) is 13.8 Å². The number of aromatic nitrogens is 2. The van der Waals surface area contributed by atoms with Crippen LogP contribution in [0.1, 0.15) is 21.8 Å². The molecule has 2 aliphatic heterocycles. The lowest BCUT2D eigenvalue weighted by atomic mass is 10.1. The molecular weight excluding hydrogens is 421 g/mol. The third-order valence-corrected chi connectivity index (χ3v) is 5.00. The van der Waals surface area contributed by atoms with Crippen molar-refractivity contribution >= 4 is 17.7 Å². The van der Waals surface area contributed by atoms with Gasteiger partial charge in [0.15, 0.2) is 5.82 Å². The number of carboxylic acid groups (broad SMARTS) is 1. The van der Waals surface area contributed by atoms with Crippen LogP contribution < -0.4 is 4.90 Å². The van der Waals surface area contributed by atoms with E-state index < -0.39 is 12.1 Å². The number of nitrogens with zero attached hydrogens (tertiary/aromatic N) is 4. The third-order valence-electron chi connectivity index (χ3n) is 5.00. The lowest BCUT2D eigenvalue weighted by molar-refractivity contribution is -0.192. The summed E-state index contributed by atoms with van der Waals surface area (Å²) in [4.78, 5) is 25.7. The van der Waals surface area contributed by atoms with Crippen molar-refractivity contribution in [2.75, 3.05) is 31.1 Å². The molecule has 4 heterocycles. The average molecular weight is 442 g/mol. The second kappa shape index (κ2) is 8.92. The highest BCUT2D eigenvalue weighted by Crippen LogP contribution is 2.28. The van der Waals surface area contributed by atoms with Gasteiger partial charge in [-0.3, -0.25) is 4.79 Å². The van der Waals surface area contributed by atoms with Crippen LogP contribution in [-0.2, 0) is 9.53 Å². The molecule has 0 aromatic carbocycles. The second-order valence-corrected chi connectivity index (χ2v) is 7.11. The first-order valence-electron chi connectivity index (χ1n) is 9.40. The Kier molecular flexibility index (Phi) is 6.48. The first kappa shape index (κ1) is 22.5. The van der Waals surface area contributed by atoms with Gasteiger partial charge in [0.2, 0.25) is 0 Å². The lowest BCUT2D eigenvalue weighted by Gasteiger charge is -2.37. The molecule has 2 saturated heterocycles. The van der Waals surface area contributed by atoms with E-state index in [1.807, 2.05) is 24.0 Å². The summed E-state index contributed by atoms with van der Waals surface area (Å²) in [6.07, 6.45) is -3.53. The lowest BCUT2D eigenvalue weighted by Crippen LogP contribution is -2.51. The van der Waals surface area contributed by atoms with Gasteiger partial charge in [0.05, 0.1) is 36.3 Å².